The van der Waals surface area contributed by atoms with E-state index in [0.717, 1.165) is 60.3 Å². The van der Waals surface area contributed by atoms with Gasteiger partial charge in [-0.05, 0) is 31.9 Å². The molecule has 0 bridgehead atoms. The molecule has 0 spiro atoms. The van der Waals surface area contributed by atoms with Crippen LogP contribution in [-0.2, 0) is 11.3 Å². The summed E-state index contributed by atoms with van der Waals surface area (Å²) in [4.78, 5) is 32.7. The number of nitrogens with zero attached hydrogens (tertiary/aromatic N) is 6. The van der Waals surface area contributed by atoms with Crippen molar-refractivity contribution in [1.82, 2.24) is 9.97 Å². The van der Waals surface area contributed by atoms with Crippen LogP contribution in [0.3, 0.4) is 0 Å². The molecule has 30 heavy (non-hydrogen) atoms. The average Bonchev–Trinajstić information content (AvgIpc) is 3.16. The Bertz CT molecular complexity index is 1020. The van der Waals surface area contributed by atoms with Gasteiger partial charge in [-0.1, -0.05) is 12.1 Å². The maximum Gasteiger partial charge on any atom is 0.223 e. The molecule has 8 nitrogen and oxygen atoms in total. The van der Waals surface area contributed by atoms with Crippen molar-refractivity contribution in [3.05, 3.63) is 41.9 Å². The number of carbonyl (C=O) groups excluding carboxylic acids is 1. The number of aromatic nitrogens is 2. The Balaban J connectivity index is 1.42. The number of anilines is 3. The van der Waals surface area contributed by atoms with Crippen LogP contribution in [0.15, 0.2) is 35.5 Å². The van der Waals surface area contributed by atoms with Crippen molar-refractivity contribution in [2.75, 3.05) is 40.9 Å². The number of nitrogens with two attached hydrogens (primary N) is 1. The molecule has 4 heterocycles. The van der Waals surface area contributed by atoms with Gasteiger partial charge in [0.1, 0.15) is 11.5 Å². The molecule has 156 valence electrons. The second kappa shape index (κ2) is 7.05. The molecule has 0 unspecified atom stereocenters. The van der Waals surface area contributed by atoms with Crippen molar-refractivity contribution < 1.29 is 4.79 Å². The Morgan fingerprint density at radius 2 is 1.83 bits per heavy atom. The minimum atomic E-state index is -0.0909. The van der Waals surface area contributed by atoms with Crippen LogP contribution in [0.25, 0.3) is 0 Å². The lowest BCUT2D eigenvalue weighted by atomic mass is 9.91. The van der Waals surface area contributed by atoms with E-state index in [1.807, 2.05) is 35.4 Å². The third-order valence-electron chi connectivity index (χ3n) is 6.30. The van der Waals surface area contributed by atoms with Crippen molar-refractivity contribution in [3.63, 3.8) is 0 Å². The van der Waals surface area contributed by atoms with Gasteiger partial charge >= 0.3 is 0 Å². The molecule has 1 amide bonds. The smallest absolute Gasteiger partial charge is 0.223 e. The van der Waals surface area contributed by atoms with E-state index in [1.165, 1.54) is 0 Å². The summed E-state index contributed by atoms with van der Waals surface area (Å²) < 4.78 is 0. The molecule has 3 aliphatic heterocycles. The van der Waals surface area contributed by atoms with Gasteiger partial charge in [0.2, 0.25) is 5.91 Å². The van der Waals surface area contributed by atoms with Crippen molar-refractivity contribution in [3.8, 4) is 0 Å². The zero-order valence-electron chi connectivity index (χ0n) is 17.5. The summed E-state index contributed by atoms with van der Waals surface area (Å²) in [6, 6.07) is 7.96. The minimum absolute atomic E-state index is 0.0513. The molecule has 1 saturated heterocycles. The van der Waals surface area contributed by atoms with Gasteiger partial charge in [-0.2, -0.15) is 0 Å². The molecule has 0 aliphatic carbocycles. The quantitative estimate of drug-likeness (QED) is 0.780. The van der Waals surface area contributed by atoms with Crippen LogP contribution in [0.1, 0.15) is 38.1 Å². The molecule has 5 rings (SSSR count). The lowest BCUT2D eigenvalue weighted by Crippen LogP contribution is -2.48. The zero-order chi connectivity index (χ0) is 20.9. The van der Waals surface area contributed by atoms with Crippen LogP contribution in [0.5, 0.6) is 0 Å². The van der Waals surface area contributed by atoms with Crippen molar-refractivity contribution >= 4 is 28.9 Å². The van der Waals surface area contributed by atoms with E-state index in [2.05, 4.69) is 16.7 Å². The molecule has 1 fully saturated rings. The Kier molecular flexibility index (Phi) is 4.47. The van der Waals surface area contributed by atoms with Gasteiger partial charge in [0, 0.05) is 38.6 Å². The van der Waals surface area contributed by atoms with Gasteiger partial charge in [-0.15, -0.1) is 0 Å². The van der Waals surface area contributed by atoms with Crippen LogP contribution in [0.2, 0.25) is 0 Å². The number of piperidine rings is 1. The fourth-order valence-electron chi connectivity index (χ4n) is 4.46. The van der Waals surface area contributed by atoms with E-state index in [9.17, 15) is 4.79 Å². The molecule has 0 atom stereocenters. The second-order valence-electron chi connectivity index (χ2n) is 8.62. The van der Waals surface area contributed by atoms with Gasteiger partial charge in [0.15, 0.2) is 5.84 Å². The lowest BCUT2D eigenvalue weighted by Gasteiger charge is -2.37. The number of benzene rings is 1. The molecule has 1 aromatic carbocycles. The highest BCUT2D eigenvalue weighted by atomic mass is 16.2. The Labute approximate surface area is 176 Å². The summed E-state index contributed by atoms with van der Waals surface area (Å²) in [5.74, 6) is 1.80. The SMILES string of the molecule is CC(=O)N1CCN(C2=NCc3nc(N4CCC(C)(N)CC4)cnc32)c2ccccc21. The van der Waals surface area contributed by atoms with Crippen molar-refractivity contribution in [2.24, 2.45) is 10.7 Å². The first kappa shape index (κ1) is 19.0. The predicted molar refractivity (Wildman–Crippen MR) is 118 cm³/mol. The van der Waals surface area contributed by atoms with Gasteiger partial charge in [-0.3, -0.25) is 9.79 Å². The Morgan fingerprint density at radius 1 is 1.10 bits per heavy atom. The molecular weight excluding hydrogens is 378 g/mol. The first-order valence-corrected chi connectivity index (χ1v) is 10.5. The molecule has 1 aromatic heterocycles. The van der Waals surface area contributed by atoms with Crippen LogP contribution in [0.4, 0.5) is 17.2 Å². The van der Waals surface area contributed by atoms with Crippen molar-refractivity contribution in [2.45, 2.75) is 38.8 Å². The summed E-state index contributed by atoms with van der Waals surface area (Å²) in [5, 5.41) is 0. The predicted octanol–water partition coefficient (Wildman–Crippen LogP) is 1.93. The first-order chi connectivity index (χ1) is 14.4. The highest BCUT2D eigenvalue weighted by molar-refractivity contribution is 6.13. The number of amides is 1. The van der Waals surface area contributed by atoms with E-state index in [-0.39, 0.29) is 11.4 Å². The topological polar surface area (TPSA) is 91.0 Å². The zero-order valence-corrected chi connectivity index (χ0v) is 17.5. The van der Waals surface area contributed by atoms with E-state index in [1.54, 1.807) is 6.92 Å². The van der Waals surface area contributed by atoms with Crippen LogP contribution in [0, 0.1) is 0 Å². The van der Waals surface area contributed by atoms with E-state index in [0.29, 0.717) is 19.6 Å². The number of para-hydroxylation sites is 2. The minimum Gasteiger partial charge on any atom is -0.355 e. The fraction of sp³-hybridized carbons (Fsp3) is 0.455. The van der Waals surface area contributed by atoms with E-state index >= 15 is 0 Å². The summed E-state index contributed by atoms with van der Waals surface area (Å²) in [6.07, 6.45) is 3.76. The Morgan fingerprint density at radius 3 is 2.57 bits per heavy atom. The molecule has 0 radical (unpaired) electrons. The molecule has 0 saturated carbocycles. The fourth-order valence-corrected chi connectivity index (χ4v) is 4.46. The van der Waals surface area contributed by atoms with Crippen LogP contribution < -0.4 is 20.4 Å². The normalized spacial score (nSPS) is 20.0. The monoisotopic (exact) mass is 405 g/mol. The largest absolute Gasteiger partial charge is 0.355 e. The molecule has 3 aliphatic rings. The Hall–Kier alpha value is -3.00. The lowest BCUT2D eigenvalue weighted by molar-refractivity contribution is -0.116. The third kappa shape index (κ3) is 3.21. The second-order valence-corrected chi connectivity index (χ2v) is 8.62. The van der Waals surface area contributed by atoms with Gasteiger partial charge < -0.3 is 20.4 Å². The first-order valence-electron chi connectivity index (χ1n) is 10.5. The number of aliphatic imine (C=N–C) groups is 1. The molecule has 2 N–H and O–H groups in total. The number of amidine groups is 1. The number of fused-ring (bicyclic) bond motifs is 2. The number of rotatable bonds is 1. The number of carbonyl (C=O) groups is 1. The van der Waals surface area contributed by atoms with Gasteiger partial charge in [0.25, 0.3) is 0 Å². The summed E-state index contributed by atoms with van der Waals surface area (Å²) in [5.41, 5.74) is 9.82. The molecular formula is C22H27N7O. The van der Waals surface area contributed by atoms with Gasteiger partial charge in [0.05, 0.1) is 29.8 Å². The summed E-state index contributed by atoms with van der Waals surface area (Å²) >= 11 is 0. The van der Waals surface area contributed by atoms with E-state index < -0.39 is 0 Å². The third-order valence-corrected chi connectivity index (χ3v) is 6.30. The number of hydrogen-bond donors (Lipinski definition) is 1. The van der Waals surface area contributed by atoms with Crippen molar-refractivity contribution in [1.29, 1.82) is 0 Å². The van der Waals surface area contributed by atoms with Crippen LogP contribution >= 0.6 is 0 Å². The standard InChI is InChI=1S/C22H27N7O/c1-15(30)28-11-12-29(18-6-4-3-5-17(18)28)21-20-16(13-25-21)26-19(14-24-20)27-9-7-22(2,23)8-10-27/h3-6,14H,7-13,23H2,1-2H3. The summed E-state index contributed by atoms with van der Waals surface area (Å²) in [7, 11) is 0. The van der Waals surface area contributed by atoms with Crippen LogP contribution in [-0.4, -0.2) is 53.4 Å². The average molecular weight is 406 g/mol. The summed E-state index contributed by atoms with van der Waals surface area (Å²) in [6.45, 7) is 7.35. The maximum absolute atomic E-state index is 12.1. The van der Waals surface area contributed by atoms with E-state index in [4.69, 9.17) is 20.7 Å². The molecule has 8 heteroatoms. The number of hydrogen-bond acceptors (Lipinski definition) is 7. The molecule has 2 aromatic rings. The maximum atomic E-state index is 12.1. The highest BCUT2D eigenvalue weighted by Crippen LogP contribution is 2.35. The van der Waals surface area contributed by atoms with Gasteiger partial charge in [-0.25, -0.2) is 9.97 Å². The highest BCUT2D eigenvalue weighted by Gasteiger charge is 2.33.